The van der Waals surface area contributed by atoms with Crippen molar-refractivity contribution in [3.8, 4) is 0 Å². The lowest BCUT2D eigenvalue weighted by Crippen LogP contribution is -2.55. The van der Waals surface area contributed by atoms with Gasteiger partial charge in [-0.15, -0.1) is 0 Å². The first-order valence-corrected chi connectivity index (χ1v) is 4.12. The zero-order valence-corrected chi connectivity index (χ0v) is 6.71. The Labute approximate surface area is 62.7 Å². The summed E-state index contributed by atoms with van der Waals surface area (Å²) >= 11 is 0. The maximum absolute atomic E-state index is 2.41. The Bertz CT molecular complexity index is 103. The zero-order valence-electron chi connectivity index (χ0n) is 6.71. The van der Waals surface area contributed by atoms with Crippen molar-refractivity contribution in [2.75, 3.05) is 26.7 Å². The summed E-state index contributed by atoms with van der Waals surface area (Å²) < 4.78 is 1.39. The van der Waals surface area contributed by atoms with Gasteiger partial charge in [-0.1, -0.05) is 0 Å². The number of fused-ring (bicyclic) bond motifs is 3. The lowest BCUT2D eigenvalue weighted by molar-refractivity contribution is -0.924. The van der Waals surface area contributed by atoms with Gasteiger partial charge in [0.2, 0.25) is 0 Å². The van der Waals surface area contributed by atoms with Crippen LogP contribution in [0, 0.1) is 5.92 Å². The van der Waals surface area contributed by atoms with Gasteiger partial charge in [0.05, 0.1) is 26.7 Å². The fourth-order valence-electron chi connectivity index (χ4n) is 2.25. The molecule has 10 heavy (non-hydrogen) atoms. The molecule has 0 aromatic heterocycles. The first kappa shape index (κ1) is 8.02. The molecule has 0 spiro atoms. The minimum Gasteiger partial charge on any atom is -0.870 e. The Hall–Kier alpha value is -0.0800. The Balaban J connectivity index is 0.000000500. The summed E-state index contributed by atoms with van der Waals surface area (Å²) in [5.74, 6) is 1.12. The van der Waals surface area contributed by atoms with Gasteiger partial charge < -0.3 is 9.96 Å². The molecule has 1 N–H and O–H groups in total. The fraction of sp³-hybridized carbons (Fsp3) is 1.00. The van der Waals surface area contributed by atoms with Crippen molar-refractivity contribution >= 4 is 0 Å². The molecule has 0 aromatic rings. The molecule has 3 aliphatic rings. The maximum Gasteiger partial charge on any atom is 0.0787 e. The molecule has 0 aromatic carbocycles. The van der Waals surface area contributed by atoms with E-state index < -0.39 is 0 Å². The van der Waals surface area contributed by atoms with Crippen molar-refractivity contribution in [1.29, 1.82) is 0 Å². The third-order valence-corrected chi connectivity index (χ3v) is 3.23. The van der Waals surface area contributed by atoms with Gasteiger partial charge >= 0.3 is 0 Å². The van der Waals surface area contributed by atoms with Crippen LogP contribution >= 0.6 is 0 Å². The summed E-state index contributed by atoms with van der Waals surface area (Å²) in [6.45, 7) is 4.39. The van der Waals surface area contributed by atoms with E-state index in [1.54, 1.807) is 0 Å². The van der Waals surface area contributed by atoms with Gasteiger partial charge in [0.1, 0.15) is 0 Å². The first-order valence-electron chi connectivity index (χ1n) is 4.12. The highest BCUT2D eigenvalue weighted by Gasteiger charge is 2.35. The van der Waals surface area contributed by atoms with Crippen LogP contribution in [0.25, 0.3) is 0 Å². The predicted octanol–water partition coefficient (Wildman–Crippen LogP) is 1.07. The smallest absolute Gasteiger partial charge is 0.0787 e. The van der Waals surface area contributed by atoms with Crippen molar-refractivity contribution in [2.45, 2.75) is 19.3 Å². The molecule has 3 heterocycles. The monoisotopic (exact) mass is 143 g/mol. The van der Waals surface area contributed by atoms with E-state index in [1.807, 2.05) is 0 Å². The number of hydrogen-bond donors (Lipinski definition) is 0. The molecule has 0 amide bonds. The van der Waals surface area contributed by atoms with E-state index in [-0.39, 0.29) is 5.48 Å². The Morgan fingerprint density at radius 1 is 1.00 bits per heavy atom. The van der Waals surface area contributed by atoms with E-state index in [4.69, 9.17) is 0 Å². The first-order chi connectivity index (χ1) is 4.29. The SMILES string of the molecule is C[N+]12CCC(CC1)CC2.[OH-]. The van der Waals surface area contributed by atoms with Gasteiger partial charge in [0.25, 0.3) is 0 Å². The average molecular weight is 143 g/mol. The van der Waals surface area contributed by atoms with E-state index in [0.717, 1.165) is 5.92 Å². The second-order valence-corrected chi connectivity index (χ2v) is 4.02. The zero-order chi connectivity index (χ0) is 6.32. The molecule has 0 atom stereocenters. The maximum atomic E-state index is 2.41. The number of piperidine rings is 3. The Morgan fingerprint density at radius 2 is 1.40 bits per heavy atom. The van der Waals surface area contributed by atoms with Crippen molar-refractivity contribution < 1.29 is 9.96 Å². The van der Waals surface area contributed by atoms with E-state index in [9.17, 15) is 0 Å². The molecular weight excluding hydrogens is 126 g/mol. The van der Waals surface area contributed by atoms with Crippen molar-refractivity contribution in [3.05, 3.63) is 0 Å². The molecule has 3 saturated heterocycles. The largest absolute Gasteiger partial charge is 0.870 e. The Morgan fingerprint density at radius 3 is 1.60 bits per heavy atom. The number of rotatable bonds is 0. The predicted molar refractivity (Wildman–Crippen MR) is 40.1 cm³/mol. The summed E-state index contributed by atoms with van der Waals surface area (Å²) in [6.07, 6.45) is 4.53. The lowest BCUT2D eigenvalue weighted by atomic mass is 9.86. The second-order valence-electron chi connectivity index (χ2n) is 4.02. The van der Waals surface area contributed by atoms with Crippen molar-refractivity contribution in [2.24, 2.45) is 5.92 Å². The number of quaternary nitrogens is 1. The summed E-state index contributed by atoms with van der Waals surface area (Å²) in [6, 6.07) is 0. The summed E-state index contributed by atoms with van der Waals surface area (Å²) in [5.41, 5.74) is 0. The van der Waals surface area contributed by atoms with E-state index in [0.29, 0.717) is 0 Å². The summed E-state index contributed by atoms with van der Waals surface area (Å²) in [7, 11) is 2.41. The molecule has 0 saturated carbocycles. The van der Waals surface area contributed by atoms with Gasteiger partial charge in [-0.3, -0.25) is 0 Å². The molecule has 2 heteroatoms. The van der Waals surface area contributed by atoms with Crippen LogP contribution in [0.15, 0.2) is 0 Å². The molecule has 0 radical (unpaired) electrons. The average Bonchev–Trinajstić information content (AvgIpc) is 1.90. The van der Waals surface area contributed by atoms with E-state index >= 15 is 0 Å². The van der Waals surface area contributed by atoms with E-state index in [2.05, 4.69) is 7.05 Å². The van der Waals surface area contributed by atoms with Gasteiger partial charge in [0.15, 0.2) is 0 Å². The minimum atomic E-state index is 0. The molecule has 3 aliphatic heterocycles. The van der Waals surface area contributed by atoms with Crippen LogP contribution in [0.5, 0.6) is 0 Å². The lowest BCUT2D eigenvalue weighted by Gasteiger charge is -2.46. The van der Waals surface area contributed by atoms with Crippen LogP contribution in [0.3, 0.4) is 0 Å². The standard InChI is InChI=1S/C8H16N.H2O/c1-9-5-2-8(3-6-9)4-7-9;/h8H,2-7H2,1H3;1H2/q+1;/p-1. The Kier molecular flexibility index (Phi) is 2.02. The highest BCUT2D eigenvalue weighted by Crippen LogP contribution is 2.31. The molecule has 0 unspecified atom stereocenters. The van der Waals surface area contributed by atoms with Gasteiger partial charge in [-0.2, -0.15) is 0 Å². The van der Waals surface area contributed by atoms with Crippen LogP contribution in [-0.2, 0) is 0 Å². The molecule has 0 aliphatic carbocycles. The van der Waals surface area contributed by atoms with Crippen LogP contribution in [0.1, 0.15) is 19.3 Å². The molecule has 3 rings (SSSR count). The second kappa shape index (κ2) is 2.51. The normalized spacial score (nSPS) is 44.7. The molecule has 3 fully saturated rings. The highest BCUT2D eigenvalue weighted by molar-refractivity contribution is 4.69. The fourth-order valence-corrected chi connectivity index (χ4v) is 2.25. The van der Waals surface area contributed by atoms with Crippen LogP contribution in [0.4, 0.5) is 0 Å². The van der Waals surface area contributed by atoms with Crippen molar-refractivity contribution in [1.82, 2.24) is 0 Å². The van der Waals surface area contributed by atoms with Gasteiger partial charge in [0, 0.05) is 0 Å². The third-order valence-electron chi connectivity index (χ3n) is 3.23. The van der Waals surface area contributed by atoms with Gasteiger partial charge in [-0.25, -0.2) is 0 Å². The number of hydrogen-bond acceptors (Lipinski definition) is 1. The molecular formula is C8H17NO. The highest BCUT2D eigenvalue weighted by atomic mass is 16.0. The van der Waals surface area contributed by atoms with Gasteiger partial charge in [-0.05, 0) is 25.2 Å². The number of nitrogens with zero attached hydrogens (tertiary/aromatic N) is 1. The molecule has 2 bridgehead atoms. The van der Waals surface area contributed by atoms with Crippen LogP contribution in [0.2, 0.25) is 0 Å². The third kappa shape index (κ3) is 1.18. The van der Waals surface area contributed by atoms with E-state index in [1.165, 1.54) is 43.4 Å². The van der Waals surface area contributed by atoms with Crippen molar-refractivity contribution in [3.63, 3.8) is 0 Å². The molecule has 2 nitrogen and oxygen atoms in total. The minimum absolute atomic E-state index is 0. The topological polar surface area (TPSA) is 30.0 Å². The summed E-state index contributed by atoms with van der Waals surface area (Å²) in [4.78, 5) is 0. The molecule has 60 valence electrons. The summed E-state index contributed by atoms with van der Waals surface area (Å²) in [5, 5.41) is 0. The van der Waals surface area contributed by atoms with Crippen LogP contribution < -0.4 is 0 Å². The van der Waals surface area contributed by atoms with Crippen LogP contribution in [-0.4, -0.2) is 36.6 Å². The quantitative estimate of drug-likeness (QED) is 0.466.